The average Bonchev–Trinajstić information content (AvgIpc) is 3.84. The van der Waals surface area contributed by atoms with Crippen molar-refractivity contribution in [2.45, 2.75) is 33.4 Å². The number of hydrogen-bond donors (Lipinski definition) is 4. The zero-order valence-corrected chi connectivity index (χ0v) is 26.2. The number of nitrogen functional groups attached to an aromatic ring is 2. The normalized spacial score (nSPS) is 12.0. The molecule has 0 saturated heterocycles. The molecule has 12 nitrogen and oxygen atoms in total. The molecule has 224 valence electrons. The number of nitrogens with two attached hydrogens (primary N) is 2. The van der Waals surface area contributed by atoms with Crippen LogP contribution in [0.3, 0.4) is 0 Å². The SMILES string of the molecule is Cc1nnc2sc(C(=O)NCc3nccs3)c(N)c2c1C.Nc1c(C(=O)NCc2ccc3c(c2)CCO3)sc2nnccc12. The topological polar surface area (TPSA) is 184 Å². The van der Waals surface area contributed by atoms with Gasteiger partial charge in [0.05, 0.1) is 36.4 Å². The molecule has 6 heterocycles. The number of aromatic nitrogens is 5. The van der Waals surface area contributed by atoms with Gasteiger partial charge >= 0.3 is 0 Å². The van der Waals surface area contributed by atoms with Crippen molar-refractivity contribution in [2.75, 3.05) is 18.1 Å². The minimum Gasteiger partial charge on any atom is -0.493 e. The van der Waals surface area contributed by atoms with Crippen LogP contribution in [0.1, 0.15) is 46.7 Å². The van der Waals surface area contributed by atoms with Gasteiger partial charge in [-0.2, -0.15) is 10.2 Å². The second-order valence-corrected chi connectivity index (χ2v) is 12.8. The fourth-order valence-electron chi connectivity index (χ4n) is 4.64. The van der Waals surface area contributed by atoms with Gasteiger partial charge in [-0.05, 0) is 42.7 Å². The zero-order chi connectivity index (χ0) is 30.8. The van der Waals surface area contributed by atoms with E-state index in [1.54, 1.807) is 18.5 Å². The van der Waals surface area contributed by atoms with E-state index in [0.717, 1.165) is 51.4 Å². The number of fused-ring (bicyclic) bond motifs is 3. The van der Waals surface area contributed by atoms with Gasteiger partial charge in [0.2, 0.25) is 0 Å². The summed E-state index contributed by atoms with van der Waals surface area (Å²) in [6.07, 6.45) is 4.19. The van der Waals surface area contributed by atoms with Gasteiger partial charge in [0.15, 0.2) is 0 Å². The molecule has 7 rings (SSSR count). The van der Waals surface area contributed by atoms with Crippen molar-refractivity contribution in [3.8, 4) is 5.75 Å². The van der Waals surface area contributed by atoms with Gasteiger partial charge in [0.25, 0.3) is 11.8 Å². The molecule has 5 aromatic heterocycles. The Bertz CT molecular complexity index is 2000. The Kier molecular flexibility index (Phi) is 8.32. The van der Waals surface area contributed by atoms with Crippen LogP contribution >= 0.6 is 34.0 Å². The second-order valence-electron chi connectivity index (χ2n) is 9.86. The van der Waals surface area contributed by atoms with Crippen LogP contribution in [0.5, 0.6) is 5.75 Å². The number of hydrogen-bond acceptors (Lipinski definition) is 13. The van der Waals surface area contributed by atoms with Crippen molar-refractivity contribution in [3.05, 3.63) is 79.2 Å². The maximum atomic E-state index is 12.4. The number of rotatable bonds is 6. The van der Waals surface area contributed by atoms with Gasteiger partial charge in [-0.15, -0.1) is 44.2 Å². The number of aryl methyl sites for hydroxylation is 2. The minimum atomic E-state index is -0.206. The van der Waals surface area contributed by atoms with Gasteiger partial charge in [0.1, 0.15) is 30.2 Å². The van der Waals surface area contributed by atoms with Gasteiger partial charge in [-0.1, -0.05) is 12.1 Å². The fraction of sp³-hybridized carbons (Fsp3) is 0.207. The van der Waals surface area contributed by atoms with Crippen LogP contribution in [-0.4, -0.2) is 43.8 Å². The lowest BCUT2D eigenvalue weighted by Gasteiger charge is -2.06. The highest BCUT2D eigenvalue weighted by atomic mass is 32.1. The van der Waals surface area contributed by atoms with Crippen molar-refractivity contribution in [1.82, 2.24) is 36.0 Å². The molecule has 1 aliphatic heterocycles. The van der Waals surface area contributed by atoms with Gasteiger partial charge in [-0.25, -0.2) is 4.98 Å². The summed E-state index contributed by atoms with van der Waals surface area (Å²) in [7, 11) is 0. The highest BCUT2D eigenvalue weighted by Crippen LogP contribution is 2.35. The van der Waals surface area contributed by atoms with Crippen LogP contribution in [0.15, 0.2) is 42.0 Å². The zero-order valence-electron chi connectivity index (χ0n) is 23.7. The van der Waals surface area contributed by atoms with Gasteiger partial charge in [0, 0.05) is 35.3 Å². The number of nitrogens with zero attached hydrogens (tertiary/aromatic N) is 5. The first-order valence-corrected chi connectivity index (χ1v) is 16.0. The van der Waals surface area contributed by atoms with E-state index in [2.05, 4.69) is 42.1 Å². The first kappa shape index (κ1) is 29.3. The molecule has 2 amide bonds. The molecule has 0 aliphatic carbocycles. The van der Waals surface area contributed by atoms with Crippen LogP contribution < -0.4 is 26.8 Å². The maximum absolute atomic E-state index is 12.4. The second kappa shape index (κ2) is 12.5. The predicted octanol–water partition coefficient (Wildman–Crippen LogP) is 4.42. The molecule has 6 N–H and O–H groups in total. The Labute approximate surface area is 263 Å². The third kappa shape index (κ3) is 5.89. The first-order valence-electron chi connectivity index (χ1n) is 13.5. The van der Waals surface area contributed by atoms with Crippen molar-refractivity contribution in [1.29, 1.82) is 0 Å². The van der Waals surface area contributed by atoms with E-state index in [-0.39, 0.29) is 11.8 Å². The summed E-state index contributed by atoms with van der Waals surface area (Å²) in [4.78, 5) is 31.1. The number of nitrogens with one attached hydrogen (secondary N) is 2. The number of carbonyl (C=O) groups excluding carboxylic acids is 2. The number of ether oxygens (including phenoxy) is 1. The third-order valence-corrected chi connectivity index (χ3v) is 10.0. The summed E-state index contributed by atoms with van der Waals surface area (Å²) in [5, 5.41) is 26.1. The van der Waals surface area contributed by atoms with E-state index in [9.17, 15) is 9.59 Å². The Morgan fingerprint density at radius 1 is 0.932 bits per heavy atom. The van der Waals surface area contributed by atoms with Crippen molar-refractivity contribution in [2.24, 2.45) is 0 Å². The number of anilines is 2. The third-order valence-electron chi connectivity index (χ3n) is 7.06. The Morgan fingerprint density at radius 3 is 2.48 bits per heavy atom. The number of amides is 2. The monoisotopic (exact) mass is 645 g/mol. The molecule has 0 fully saturated rings. The van der Waals surface area contributed by atoms with E-state index < -0.39 is 0 Å². The Balaban J connectivity index is 0.000000157. The quantitative estimate of drug-likeness (QED) is 0.202. The molecular weight excluding hydrogens is 619 g/mol. The standard InChI is InChI=1S/C16H14N4O2S.C13H13N5OS2/c17-13-11-3-5-19-20-16(11)23-14(13)15(21)18-8-9-1-2-12-10(7-9)4-6-22-12;1-6-7(2)17-18-13-9(6)10(14)11(21-13)12(19)16-5-8-15-3-4-20-8/h1-3,5,7H,4,6,8,17H2,(H,18,21);3-4H,5,14H2,1-2H3,(H,16,19). The lowest BCUT2D eigenvalue weighted by molar-refractivity contribution is 0.0947. The van der Waals surface area contributed by atoms with Crippen LogP contribution in [0.4, 0.5) is 11.4 Å². The Morgan fingerprint density at radius 2 is 1.70 bits per heavy atom. The van der Waals surface area contributed by atoms with E-state index in [0.29, 0.717) is 43.9 Å². The van der Waals surface area contributed by atoms with Crippen LogP contribution in [0, 0.1) is 13.8 Å². The maximum Gasteiger partial charge on any atom is 0.263 e. The van der Waals surface area contributed by atoms with Gasteiger partial charge in [-0.3, -0.25) is 9.59 Å². The molecule has 1 aromatic carbocycles. The molecule has 0 atom stereocenters. The molecule has 0 bridgehead atoms. The highest BCUT2D eigenvalue weighted by molar-refractivity contribution is 7.21. The summed E-state index contributed by atoms with van der Waals surface area (Å²) in [6, 6.07) is 7.76. The van der Waals surface area contributed by atoms with Crippen LogP contribution in [0.2, 0.25) is 0 Å². The highest BCUT2D eigenvalue weighted by Gasteiger charge is 2.20. The summed E-state index contributed by atoms with van der Waals surface area (Å²) < 4.78 is 5.48. The lowest BCUT2D eigenvalue weighted by atomic mass is 10.1. The fourth-order valence-corrected chi connectivity index (χ4v) is 7.17. The molecule has 15 heteroatoms. The average molecular weight is 646 g/mol. The smallest absolute Gasteiger partial charge is 0.263 e. The molecule has 1 aliphatic rings. The van der Waals surface area contributed by atoms with Crippen LogP contribution in [-0.2, 0) is 19.5 Å². The van der Waals surface area contributed by atoms with Gasteiger partial charge < -0.3 is 26.8 Å². The van der Waals surface area contributed by atoms with Crippen molar-refractivity contribution in [3.63, 3.8) is 0 Å². The predicted molar refractivity (Wildman–Crippen MR) is 173 cm³/mol. The molecular formula is C29H27N9O3S3. The first-order chi connectivity index (χ1) is 21.3. The number of carbonyl (C=O) groups is 2. The van der Waals surface area contributed by atoms with Crippen molar-refractivity contribution >= 4 is 77.6 Å². The summed E-state index contributed by atoms with van der Waals surface area (Å²) in [5.74, 6) is 0.539. The van der Waals surface area contributed by atoms with E-state index in [4.69, 9.17) is 16.2 Å². The number of benzene rings is 1. The molecule has 0 spiro atoms. The molecule has 0 radical (unpaired) electrons. The molecule has 0 unspecified atom stereocenters. The van der Waals surface area contributed by atoms with E-state index >= 15 is 0 Å². The molecule has 6 aromatic rings. The summed E-state index contributed by atoms with van der Waals surface area (Å²) in [6.45, 7) is 5.39. The number of thiazole rings is 1. The minimum absolute atomic E-state index is 0.192. The molecule has 44 heavy (non-hydrogen) atoms. The Hall–Kier alpha value is -4.73. The van der Waals surface area contributed by atoms with E-state index in [1.807, 2.05) is 31.4 Å². The number of thiophene rings is 2. The summed E-state index contributed by atoms with van der Waals surface area (Å²) in [5.41, 5.74) is 17.1. The van der Waals surface area contributed by atoms with Crippen molar-refractivity contribution < 1.29 is 14.3 Å². The largest absolute Gasteiger partial charge is 0.493 e. The van der Waals surface area contributed by atoms with E-state index in [1.165, 1.54) is 39.6 Å². The lowest BCUT2D eigenvalue weighted by Crippen LogP contribution is -2.22. The summed E-state index contributed by atoms with van der Waals surface area (Å²) >= 11 is 4.02. The molecule has 0 saturated carbocycles. The van der Waals surface area contributed by atoms with Crippen LogP contribution in [0.25, 0.3) is 20.4 Å².